The maximum atomic E-state index is 12.2. The zero-order valence-corrected chi connectivity index (χ0v) is 14.5. The fraction of sp³-hybridized carbons (Fsp3) is 0.750. The predicted molar refractivity (Wildman–Crippen MR) is 89.1 cm³/mol. The van der Waals surface area contributed by atoms with Gasteiger partial charge in [0.15, 0.2) is 0 Å². The van der Waals surface area contributed by atoms with Crippen molar-refractivity contribution >= 4 is 17.2 Å². The summed E-state index contributed by atoms with van der Waals surface area (Å²) in [5.74, 6) is 0.594. The maximum Gasteiger partial charge on any atom is 0.220 e. The van der Waals surface area contributed by atoms with E-state index in [-0.39, 0.29) is 17.4 Å². The molecule has 0 aromatic carbocycles. The van der Waals surface area contributed by atoms with Crippen molar-refractivity contribution in [1.29, 1.82) is 0 Å². The number of hydrogen-bond donors (Lipinski definition) is 2. The number of rotatable bonds is 8. The first kappa shape index (κ1) is 18.1. The minimum atomic E-state index is 0.0418. The molecule has 1 heterocycles. The Kier molecular flexibility index (Phi) is 7.32. The van der Waals surface area contributed by atoms with E-state index in [4.69, 9.17) is 5.73 Å². The molecule has 0 bridgehead atoms. The van der Waals surface area contributed by atoms with Crippen molar-refractivity contribution in [3.63, 3.8) is 0 Å². The monoisotopic (exact) mass is 311 g/mol. The van der Waals surface area contributed by atoms with Crippen LogP contribution in [0.25, 0.3) is 0 Å². The van der Waals surface area contributed by atoms with Gasteiger partial charge in [-0.2, -0.15) is 0 Å². The molecule has 1 rings (SSSR count). The van der Waals surface area contributed by atoms with E-state index in [0.717, 1.165) is 24.3 Å². The normalized spacial score (nSPS) is 14.7. The van der Waals surface area contributed by atoms with Crippen LogP contribution in [0, 0.1) is 11.3 Å². The van der Waals surface area contributed by atoms with Gasteiger partial charge in [-0.1, -0.05) is 27.7 Å². The molecule has 0 spiro atoms. The highest BCUT2D eigenvalue weighted by atomic mass is 32.1. The van der Waals surface area contributed by atoms with Crippen LogP contribution in [0.3, 0.4) is 0 Å². The van der Waals surface area contributed by atoms with Gasteiger partial charge in [-0.25, -0.2) is 4.98 Å². The Morgan fingerprint density at radius 2 is 2.14 bits per heavy atom. The number of amides is 1. The Bertz CT molecular complexity index is 412. The maximum absolute atomic E-state index is 12.2. The van der Waals surface area contributed by atoms with E-state index >= 15 is 0 Å². The van der Waals surface area contributed by atoms with Crippen molar-refractivity contribution in [2.45, 2.75) is 59.4 Å². The molecule has 0 saturated carbocycles. The second-order valence-electron chi connectivity index (χ2n) is 6.58. The highest BCUT2D eigenvalue weighted by molar-refractivity contribution is 7.09. The predicted octanol–water partition coefficient (Wildman–Crippen LogP) is 3.50. The fourth-order valence-electron chi connectivity index (χ4n) is 2.53. The summed E-state index contributed by atoms with van der Waals surface area (Å²) in [6.07, 6.45) is 5.07. The molecule has 0 saturated heterocycles. The number of thiazole rings is 1. The summed E-state index contributed by atoms with van der Waals surface area (Å²) in [4.78, 5) is 16.5. The molecule has 1 amide bonds. The molecular formula is C16H29N3OS. The third kappa shape index (κ3) is 6.14. The number of carbonyl (C=O) groups excluding carboxylic acids is 1. The smallest absolute Gasteiger partial charge is 0.220 e. The molecule has 0 aliphatic carbocycles. The fourth-order valence-corrected chi connectivity index (χ4v) is 3.30. The molecule has 0 fully saturated rings. The van der Waals surface area contributed by atoms with Crippen molar-refractivity contribution in [3.8, 4) is 0 Å². The first-order chi connectivity index (χ1) is 9.88. The van der Waals surface area contributed by atoms with Crippen LogP contribution in [0.2, 0.25) is 0 Å². The number of nitrogens with two attached hydrogens (primary N) is 1. The van der Waals surface area contributed by atoms with Crippen LogP contribution < -0.4 is 11.1 Å². The number of hydrogen-bond acceptors (Lipinski definition) is 4. The Hall–Kier alpha value is -0.940. The number of aromatic nitrogens is 1. The van der Waals surface area contributed by atoms with Gasteiger partial charge in [-0.3, -0.25) is 4.79 Å². The van der Waals surface area contributed by atoms with E-state index in [0.29, 0.717) is 18.9 Å². The standard InChI is InChI=1S/C16H29N3OS/c1-5-13(15-18-10-11-21-15)19-14(20)7-6-12(8-9-17)16(2,3)4/h10-13H,5-9,17H2,1-4H3,(H,19,20). The van der Waals surface area contributed by atoms with Crippen LogP contribution >= 0.6 is 11.3 Å². The number of nitrogens with zero attached hydrogens (tertiary/aromatic N) is 1. The van der Waals surface area contributed by atoms with Crippen LogP contribution in [-0.4, -0.2) is 17.4 Å². The summed E-state index contributed by atoms with van der Waals surface area (Å²) in [6, 6.07) is 0.0418. The molecule has 2 atom stereocenters. The molecule has 4 nitrogen and oxygen atoms in total. The molecule has 5 heteroatoms. The van der Waals surface area contributed by atoms with E-state index in [9.17, 15) is 4.79 Å². The molecule has 2 unspecified atom stereocenters. The first-order valence-electron chi connectivity index (χ1n) is 7.77. The van der Waals surface area contributed by atoms with Crippen LogP contribution in [0.1, 0.15) is 64.4 Å². The van der Waals surface area contributed by atoms with Gasteiger partial charge >= 0.3 is 0 Å². The van der Waals surface area contributed by atoms with Gasteiger partial charge in [0.25, 0.3) is 0 Å². The highest BCUT2D eigenvalue weighted by Gasteiger charge is 2.25. The van der Waals surface area contributed by atoms with E-state index in [2.05, 4.69) is 38.0 Å². The lowest BCUT2D eigenvalue weighted by Gasteiger charge is -2.30. The van der Waals surface area contributed by atoms with Crippen molar-refractivity contribution < 1.29 is 4.79 Å². The molecule has 120 valence electrons. The molecule has 0 aliphatic heterocycles. The molecule has 1 aromatic rings. The second kappa shape index (κ2) is 8.49. The van der Waals surface area contributed by atoms with Gasteiger partial charge in [0, 0.05) is 18.0 Å². The Balaban J connectivity index is 2.49. The van der Waals surface area contributed by atoms with Crippen molar-refractivity contribution in [2.75, 3.05) is 6.54 Å². The van der Waals surface area contributed by atoms with E-state index in [1.807, 2.05) is 5.38 Å². The summed E-state index contributed by atoms with van der Waals surface area (Å²) in [5.41, 5.74) is 5.89. The third-order valence-corrected chi connectivity index (χ3v) is 4.84. The highest BCUT2D eigenvalue weighted by Crippen LogP contribution is 2.32. The minimum absolute atomic E-state index is 0.0418. The van der Waals surface area contributed by atoms with Crippen molar-refractivity contribution in [2.24, 2.45) is 17.1 Å². The summed E-state index contributed by atoms with van der Waals surface area (Å²) in [6.45, 7) is 9.40. The zero-order valence-electron chi connectivity index (χ0n) is 13.7. The average Bonchev–Trinajstić information content (AvgIpc) is 2.93. The number of carbonyl (C=O) groups is 1. The Morgan fingerprint density at radius 3 is 2.62 bits per heavy atom. The lowest BCUT2D eigenvalue weighted by molar-refractivity contribution is -0.122. The quantitative estimate of drug-likeness (QED) is 0.772. The SMILES string of the molecule is CCC(NC(=O)CCC(CCN)C(C)(C)C)c1nccs1. The van der Waals surface area contributed by atoms with Crippen molar-refractivity contribution in [1.82, 2.24) is 10.3 Å². The summed E-state index contributed by atoms with van der Waals surface area (Å²) < 4.78 is 0. The largest absolute Gasteiger partial charge is 0.347 e. The van der Waals surface area contributed by atoms with Crippen LogP contribution in [0.15, 0.2) is 11.6 Å². The van der Waals surface area contributed by atoms with Crippen molar-refractivity contribution in [3.05, 3.63) is 16.6 Å². The third-order valence-electron chi connectivity index (χ3n) is 3.95. The number of nitrogens with one attached hydrogen (secondary N) is 1. The minimum Gasteiger partial charge on any atom is -0.347 e. The van der Waals surface area contributed by atoms with Gasteiger partial charge in [-0.05, 0) is 37.1 Å². The van der Waals surface area contributed by atoms with E-state index in [1.54, 1.807) is 17.5 Å². The topological polar surface area (TPSA) is 68.0 Å². The lowest BCUT2D eigenvalue weighted by Crippen LogP contribution is -2.30. The Labute approximate surface area is 132 Å². The molecule has 3 N–H and O–H groups in total. The van der Waals surface area contributed by atoms with Crippen LogP contribution in [0.5, 0.6) is 0 Å². The Morgan fingerprint density at radius 1 is 1.43 bits per heavy atom. The summed E-state index contributed by atoms with van der Waals surface area (Å²) >= 11 is 1.59. The van der Waals surface area contributed by atoms with E-state index in [1.165, 1.54) is 0 Å². The van der Waals surface area contributed by atoms with Gasteiger partial charge in [0.1, 0.15) is 5.01 Å². The lowest BCUT2D eigenvalue weighted by atomic mass is 9.76. The van der Waals surface area contributed by atoms with Gasteiger partial charge in [-0.15, -0.1) is 11.3 Å². The average molecular weight is 311 g/mol. The molecular weight excluding hydrogens is 282 g/mol. The molecule has 0 aliphatic rings. The van der Waals surface area contributed by atoms with Crippen LogP contribution in [0.4, 0.5) is 0 Å². The zero-order chi connectivity index (χ0) is 15.9. The van der Waals surface area contributed by atoms with Gasteiger partial charge in [0.05, 0.1) is 6.04 Å². The van der Waals surface area contributed by atoms with Gasteiger partial charge in [0.2, 0.25) is 5.91 Å². The second-order valence-corrected chi connectivity index (χ2v) is 7.50. The molecule has 21 heavy (non-hydrogen) atoms. The van der Waals surface area contributed by atoms with Gasteiger partial charge < -0.3 is 11.1 Å². The first-order valence-corrected chi connectivity index (χ1v) is 8.65. The molecule has 1 aromatic heterocycles. The summed E-state index contributed by atoms with van der Waals surface area (Å²) in [7, 11) is 0. The molecule has 0 radical (unpaired) electrons. The van der Waals surface area contributed by atoms with Crippen LogP contribution in [-0.2, 0) is 4.79 Å². The summed E-state index contributed by atoms with van der Waals surface area (Å²) in [5, 5.41) is 6.03. The van der Waals surface area contributed by atoms with E-state index < -0.39 is 0 Å².